The average molecular weight is 425 g/mol. The van der Waals surface area contributed by atoms with Crippen LogP contribution in [0.25, 0.3) is 0 Å². The lowest BCUT2D eigenvalue weighted by molar-refractivity contribution is 0.0576. The van der Waals surface area contributed by atoms with E-state index in [-0.39, 0.29) is 24.1 Å². The first-order valence-corrected chi connectivity index (χ1v) is 12.6. The number of aliphatic imine (C=N–C) groups is 1. The number of aliphatic hydroxyl groups is 1. The van der Waals surface area contributed by atoms with Crippen molar-refractivity contribution in [2.45, 2.75) is 71.4 Å². The second-order valence-corrected chi connectivity index (χ2v) is 14.3. The van der Waals surface area contributed by atoms with Crippen LogP contribution in [0.5, 0.6) is 5.75 Å². The highest BCUT2D eigenvalue weighted by Gasteiger charge is 2.37. The number of hydrogen-bond donors (Lipinski definition) is 2. The minimum atomic E-state index is -1.91. The molecule has 0 saturated heterocycles. The summed E-state index contributed by atoms with van der Waals surface area (Å²) in [7, 11) is -1.91. The first-order valence-electron chi connectivity index (χ1n) is 9.73. The van der Waals surface area contributed by atoms with Gasteiger partial charge in [0.15, 0.2) is 8.32 Å². The van der Waals surface area contributed by atoms with Gasteiger partial charge in [-0.1, -0.05) is 20.8 Å². The van der Waals surface area contributed by atoms with E-state index in [1.54, 1.807) is 45.0 Å². The quantitative estimate of drug-likeness (QED) is 0.388. The minimum Gasteiger partial charge on any atom is -0.491 e. The second kappa shape index (κ2) is 9.73. The summed E-state index contributed by atoms with van der Waals surface area (Å²) in [6, 6.07) is 6.79. The van der Waals surface area contributed by atoms with Crippen molar-refractivity contribution in [1.82, 2.24) is 0 Å². The zero-order valence-electron chi connectivity index (χ0n) is 18.9. The maximum Gasteiger partial charge on any atom is 0.436 e. The molecule has 0 aliphatic carbocycles. The molecule has 7 nitrogen and oxygen atoms in total. The van der Waals surface area contributed by atoms with Crippen LogP contribution < -0.4 is 10.5 Å². The Morgan fingerprint density at radius 1 is 1.10 bits per heavy atom. The van der Waals surface area contributed by atoms with Gasteiger partial charge in [0.2, 0.25) is 0 Å². The Hall–Kier alpha value is -1.90. The van der Waals surface area contributed by atoms with E-state index in [2.05, 4.69) is 38.9 Å². The molecule has 3 N–H and O–H groups in total. The molecule has 0 radical (unpaired) electrons. The first-order chi connectivity index (χ1) is 13.1. The fourth-order valence-corrected chi connectivity index (χ4v) is 2.97. The van der Waals surface area contributed by atoms with E-state index in [0.29, 0.717) is 11.3 Å². The minimum absolute atomic E-state index is 0.0635. The van der Waals surface area contributed by atoms with Gasteiger partial charge in [-0.05, 0) is 63.2 Å². The third-order valence-electron chi connectivity index (χ3n) is 4.64. The van der Waals surface area contributed by atoms with Crippen molar-refractivity contribution >= 4 is 20.2 Å². The molecule has 0 aliphatic heterocycles. The molecular weight excluding hydrogens is 388 g/mol. The lowest BCUT2D eigenvalue weighted by Gasteiger charge is -2.36. The largest absolute Gasteiger partial charge is 0.491 e. The van der Waals surface area contributed by atoms with Gasteiger partial charge in [0, 0.05) is 5.56 Å². The summed E-state index contributed by atoms with van der Waals surface area (Å²) >= 11 is 0. The fraction of sp³-hybridized carbons (Fsp3) is 0.619. The van der Waals surface area contributed by atoms with Crippen LogP contribution >= 0.6 is 0 Å². The molecule has 0 saturated carbocycles. The number of benzene rings is 1. The van der Waals surface area contributed by atoms with Crippen LogP contribution in [0.1, 0.15) is 47.1 Å². The smallest absolute Gasteiger partial charge is 0.436 e. The van der Waals surface area contributed by atoms with Gasteiger partial charge >= 0.3 is 6.09 Å². The zero-order valence-corrected chi connectivity index (χ0v) is 19.9. The molecule has 0 heterocycles. The van der Waals surface area contributed by atoms with E-state index in [1.807, 2.05) is 0 Å². The fourth-order valence-electron chi connectivity index (χ4n) is 1.93. The number of amides is 1. The van der Waals surface area contributed by atoms with Crippen molar-refractivity contribution in [3.8, 4) is 5.75 Å². The normalized spacial score (nSPS) is 14.4. The van der Waals surface area contributed by atoms with Crippen LogP contribution in [0.3, 0.4) is 0 Å². The molecule has 29 heavy (non-hydrogen) atoms. The van der Waals surface area contributed by atoms with Crippen LogP contribution in [-0.2, 0) is 9.16 Å². The van der Waals surface area contributed by atoms with E-state index in [1.165, 1.54) is 0 Å². The van der Waals surface area contributed by atoms with Gasteiger partial charge in [-0.2, -0.15) is 4.99 Å². The van der Waals surface area contributed by atoms with Gasteiger partial charge in [-0.25, -0.2) is 4.79 Å². The molecule has 0 aromatic heterocycles. The number of aliphatic hydroxyl groups excluding tert-OH is 1. The molecular formula is C21H36N2O5Si. The van der Waals surface area contributed by atoms with Crippen molar-refractivity contribution in [2.75, 3.05) is 13.2 Å². The van der Waals surface area contributed by atoms with E-state index in [0.717, 1.165) is 0 Å². The van der Waals surface area contributed by atoms with Gasteiger partial charge in [-0.3, -0.25) is 0 Å². The maximum absolute atomic E-state index is 11.7. The van der Waals surface area contributed by atoms with E-state index in [9.17, 15) is 9.90 Å². The Morgan fingerprint density at radius 2 is 1.66 bits per heavy atom. The molecule has 164 valence electrons. The Balaban J connectivity index is 2.57. The summed E-state index contributed by atoms with van der Waals surface area (Å²) in [5.41, 5.74) is 5.80. The van der Waals surface area contributed by atoms with Gasteiger partial charge in [0.25, 0.3) is 0 Å². The van der Waals surface area contributed by atoms with E-state index >= 15 is 0 Å². The number of hydrogen-bond acceptors (Lipinski definition) is 5. The number of nitrogens with two attached hydrogens (primary N) is 1. The number of carbonyl (C=O) groups excluding carboxylic acids is 1. The standard InChI is InChI=1S/C21H36N2O5Si/c1-20(2,3)28-19(25)23-18(22)15-9-11-17(12-10-15)26-13-16(24)14-27-29(7,8)21(4,5)6/h9-12,16,24H,13-14H2,1-8H3,(H2,22,23,25). The lowest BCUT2D eigenvalue weighted by atomic mass is 10.2. The lowest BCUT2D eigenvalue weighted by Crippen LogP contribution is -2.43. The summed E-state index contributed by atoms with van der Waals surface area (Å²) in [5, 5.41) is 10.2. The summed E-state index contributed by atoms with van der Waals surface area (Å²) in [5.74, 6) is 0.638. The molecule has 0 spiro atoms. The molecule has 0 bridgehead atoms. The number of ether oxygens (including phenoxy) is 2. The Morgan fingerprint density at radius 3 is 2.14 bits per heavy atom. The Kier molecular flexibility index (Phi) is 8.43. The Bertz CT molecular complexity index is 703. The highest BCUT2D eigenvalue weighted by atomic mass is 28.4. The number of amidine groups is 1. The maximum atomic E-state index is 11.7. The van der Waals surface area contributed by atoms with Gasteiger partial charge in [-0.15, -0.1) is 0 Å². The number of nitrogens with zero attached hydrogens (tertiary/aromatic N) is 1. The molecule has 1 aromatic rings. The van der Waals surface area contributed by atoms with Crippen LogP contribution in [0.2, 0.25) is 18.1 Å². The monoisotopic (exact) mass is 424 g/mol. The van der Waals surface area contributed by atoms with Crippen molar-refractivity contribution in [1.29, 1.82) is 0 Å². The predicted molar refractivity (Wildman–Crippen MR) is 118 cm³/mol. The van der Waals surface area contributed by atoms with Crippen LogP contribution in [0, 0.1) is 0 Å². The second-order valence-electron chi connectivity index (χ2n) is 9.54. The van der Waals surface area contributed by atoms with Crippen molar-refractivity contribution in [3.63, 3.8) is 0 Å². The molecule has 1 amide bonds. The van der Waals surface area contributed by atoms with Gasteiger partial charge < -0.3 is 24.7 Å². The molecule has 0 aliphatic rings. The van der Waals surface area contributed by atoms with E-state index < -0.39 is 26.1 Å². The van der Waals surface area contributed by atoms with Gasteiger partial charge in [0.1, 0.15) is 29.9 Å². The molecule has 1 unspecified atom stereocenters. The average Bonchev–Trinajstić information content (AvgIpc) is 2.55. The summed E-state index contributed by atoms with van der Waals surface area (Å²) in [4.78, 5) is 15.5. The van der Waals surface area contributed by atoms with Crippen molar-refractivity contribution < 1.29 is 23.8 Å². The van der Waals surface area contributed by atoms with Crippen LogP contribution in [0.4, 0.5) is 4.79 Å². The van der Waals surface area contributed by atoms with Crippen molar-refractivity contribution in [3.05, 3.63) is 29.8 Å². The number of carbonyl (C=O) groups is 1. The Labute approximate surface area is 175 Å². The molecule has 1 rings (SSSR count). The SMILES string of the molecule is CC(C)(C)OC(=O)N=C(N)c1ccc(OCC(O)CO[Si](C)(C)C(C)(C)C)cc1. The highest BCUT2D eigenvalue weighted by Crippen LogP contribution is 2.36. The third-order valence-corrected chi connectivity index (χ3v) is 9.14. The summed E-state index contributed by atoms with van der Waals surface area (Å²) in [6.07, 6.45) is -1.46. The predicted octanol–water partition coefficient (Wildman–Crippen LogP) is 4.09. The highest BCUT2D eigenvalue weighted by molar-refractivity contribution is 6.74. The molecule has 1 atom stereocenters. The summed E-state index contributed by atoms with van der Waals surface area (Å²) in [6.45, 7) is 16.4. The number of rotatable bonds is 7. The van der Waals surface area contributed by atoms with Crippen LogP contribution in [-0.4, -0.2) is 50.3 Å². The third kappa shape index (κ3) is 8.97. The molecule has 1 aromatic carbocycles. The molecule has 8 heteroatoms. The zero-order chi connectivity index (χ0) is 22.5. The molecule has 0 fully saturated rings. The first kappa shape index (κ1) is 25.1. The summed E-state index contributed by atoms with van der Waals surface area (Å²) < 4.78 is 16.7. The van der Waals surface area contributed by atoms with E-state index in [4.69, 9.17) is 19.6 Å². The van der Waals surface area contributed by atoms with Gasteiger partial charge in [0.05, 0.1) is 6.61 Å². The van der Waals surface area contributed by atoms with Crippen LogP contribution in [0.15, 0.2) is 29.3 Å². The van der Waals surface area contributed by atoms with Crippen molar-refractivity contribution in [2.24, 2.45) is 10.7 Å². The topological polar surface area (TPSA) is 103 Å².